The highest BCUT2D eigenvalue weighted by Crippen LogP contribution is 1.99. The fraction of sp³-hybridized carbons (Fsp3) is 0.333. The Kier molecular flexibility index (Phi) is 4.33. The summed E-state index contributed by atoms with van der Waals surface area (Å²) >= 11 is 5.31. The zero-order chi connectivity index (χ0) is 11.3. The smallest absolute Gasteiger partial charge is 0.276 e. The normalized spacial score (nSPS) is 10.0. The predicted octanol–water partition coefficient (Wildman–Crippen LogP) is 0.629. The first-order valence-corrected chi connectivity index (χ1v) is 4.76. The average molecular weight is 231 g/mol. The summed E-state index contributed by atoms with van der Waals surface area (Å²) in [5.74, 6) is -0.595. The van der Waals surface area contributed by atoms with Crippen LogP contribution in [0.15, 0.2) is 23.1 Å². The van der Waals surface area contributed by atoms with Gasteiger partial charge < -0.3 is 10.1 Å². The van der Waals surface area contributed by atoms with Crippen LogP contribution >= 0.6 is 11.6 Å². The fourth-order valence-electron chi connectivity index (χ4n) is 1.06. The second-order valence-electron chi connectivity index (χ2n) is 2.80. The lowest BCUT2D eigenvalue weighted by molar-refractivity contribution is -0.113. The molecule has 0 fully saturated rings. The molecule has 6 heteroatoms. The Labute approximate surface area is 91.6 Å². The van der Waals surface area contributed by atoms with Gasteiger partial charge in [0, 0.05) is 13.3 Å². The standard InChI is InChI=1S/C9H11ClN2O3/c1-15-6-12-4-2-3-7(9(12)14)11-8(13)5-10/h2-4H,5-6H2,1H3,(H,11,13). The third kappa shape index (κ3) is 3.07. The summed E-state index contributed by atoms with van der Waals surface area (Å²) in [6.07, 6.45) is 1.57. The van der Waals surface area contributed by atoms with Crippen LogP contribution in [0.3, 0.4) is 0 Å². The molecule has 0 aromatic carbocycles. The topological polar surface area (TPSA) is 60.3 Å². The Morgan fingerprint density at radius 1 is 1.67 bits per heavy atom. The highest BCUT2D eigenvalue weighted by Gasteiger charge is 2.05. The molecule has 15 heavy (non-hydrogen) atoms. The maximum absolute atomic E-state index is 11.6. The van der Waals surface area contributed by atoms with Gasteiger partial charge in [0.2, 0.25) is 5.91 Å². The van der Waals surface area contributed by atoms with Crippen molar-refractivity contribution < 1.29 is 9.53 Å². The van der Waals surface area contributed by atoms with E-state index in [-0.39, 0.29) is 23.9 Å². The summed E-state index contributed by atoms with van der Waals surface area (Å²) in [5, 5.41) is 2.40. The van der Waals surface area contributed by atoms with Gasteiger partial charge in [-0.3, -0.25) is 14.2 Å². The van der Waals surface area contributed by atoms with Gasteiger partial charge in [-0.1, -0.05) is 0 Å². The van der Waals surface area contributed by atoms with Crippen molar-refractivity contribution >= 4 is 23.2 Å². The molecule has 5 nitrogen and oxygen atoms in total. The van der Waals surface area contributed by atoms with Crippen molar-refractivity contribution in [1.29, 1.82) is 0 Å². The number of anilines is 1. The van der Waals surface area contributed by atoms with Crippen LogP contribution in [-0.2, 0) is 16.3 Å². The van der Waals surface area contributed by atoms with Gasteiger partial charge in [0.05, 0.1) is 0 Å². The van der Waals surface area contributed by atoms with E-state index in [9.17, 15) is 9.59 Å². The number of hydrogen-bond acceptors (Lipinski definition) is 3. The molecule has 1 amide bonds. The molecule has 0 aliphatic carbocycles. The van der Waals surface area contributed by atoms with Gasteiger partial charge in [-0.15, -0.1) is 11.6 Å². The molecule has 1 N–H and O–H groups in total. The number of rotatable bonds is 4. The van der Waals surface area contributed by atoms with Crippen molar-refractivity contribution in [3.63, 3.8) is 0 Å². The van der Waals surface area contributed by atoms with Gasteiger partial charge in [0.15, 0.2) is 0 Å². The number of halogens is 1. The van der Waals surface area contributed by atoms with Crippen LogP contribution in [0.25, 0.3) is 0 Å². The number of carbonyl (C=O) groups excluding carboxylic acids is 1. The molecule has 0 atom stereocenters. The zero-order valence-corrected chi connectivity index (χ0v) is 8.95. The van der Waals surface area contributed by atoms with Gasteiger partial charge in [0.1, 0.15) is 18.3 Å². The minimum atomic E-state index is -0.413. The van der Waals surface area contributed by atoms with Gasteiger partial charge >= 0.3 is 0 Å². The number of nitrogens with zero attached hydrogens (tertiary/aromatic N) is 1. The number of alkyl halides is 1. The van der Waals surface area contributed by atoms with Gasteiger partial charge in [-0.2, -0.15) is 0 Å². The lowest BCUT2D eigenvalue weighted by Gasteiger charge is -2.06. The Balaban J connectivity index is 2.94. The van der Waals surface area contributed by atoms with E-state index in [2.05, 4.69) is 5.32 Å². The quantitative estimate of drug-likeness (QED) is 0.772. The SMILES string of the molecule is COCn1cccc(NC(=O)CCl)c1=O. The average Bonchev–Trinajstić information content (AvgIpc) is 2.24. The molecule has 1 aromatic rings. The monoisotopic (exact) mass is 230 g/mol. The molecule has 82 valence electrons. The summed E-state index contributed by atoms with van der Waals surface area (Å²) in [5.41, 5.74) is -0.127. The van der Waals surface area contributed by atoms with Crippen LogP contribution in [-0.4, -0.2) is 23.5 Å². The predicted molar refractivity (Wildman–Crippen MR) is 57.1 cm³/mol. The van der Waals surface area contributed by atoms with Crippen molar-refractivity contribution in [3.05, 3.63) is 28.7 Å². The molecule has 0 unspecified atom stereocenters. The zero-order valence-electron chi connectivity index (χ0n) is 8.20. The molecule has 1 heterocycles. The molecule has 0 aliphatic rings. The fourth-order valence-corrected chi connectivity index (χ4v) is 1.12. The summed E-state index contributed by atoms with van der Waals surface area (Å²) in [6, 6.07) is 3.16. The summed E-state index contributed by atoms with van der Waals surface area (Å²) in [4.78, 5) is 22.6. The third-order valence-electron chi connectivity index (χ3n) is 1.68. The number of amides is 1. The molecule has 0 spiro atoms. The number of methoxy groups -OCH3 is 1. The molecule has 1 rings (SSSR count). The first-order chi connectivity index (χ1) is 7.19. The van der Waals surface area contributed by atoms with Crippen molar-refractivity contribution in [3.8, 4) is 0 Å². The maximum Gasteiger partial charge on any atom is 0.276 e. The van der Waals surface area contributed by atoms with Crippen LogP contribution < -0.4 is 10.9 Å². The Morgan fingerprint density at radius 3 is 3.00 bits per heavy atom. The van der Waals surface area contributed by atoms with Gasteiger partial charge in [-0.05, 0) is 12.1 Å². The first kappa shape index (κ1) is 11.7. The Bertz CT molecular complexity index is 403. The van der Waals surface area contributed by atoms with E-state index in [4.69, 9.17) is 16.3 Å². The molecule has 0 saturated carbocycles. The molecule has 0 saturated heterocycles. The van der Waals surface area contributed by atoms with E-state index in [0.717, 1.165) is 0 Å². The van der Waals surface area contributed by atoms with E-state index < -0.39 is 5.91 Å². The number of hydrogen-bond donors (Lipinski definition) is 1. The van der Waals surface area contributed by atoms with Crippen LogP contribution in [0.2, 0.25) is 0 Å². The van der Waals surface area contributed by atoms with Crippen LogP contribution in [0.5, 0.6) is 0 Å². The van der Waals surface area contributed by atoms with E-state index in [1.165, 1.54) is 17.7 Å². The lowest BCUT2D eigenvalue weighted by Crippen LogP contribution is -2.26. The van der Waals surface area contributed by atoms with Crippen molar-refractivity contribution in [2.45, 2.75) is 6.73 Å². The van der Waals surface area contributed by atoms with Crippen molar-refractivity contribution in [2.75, 3.05) is 18.3 Å². The van der Waals surface area contributed by atoms with Crippen molar-refractivity contribution in [1.82, 2.24) is 4.57 Å². The van der Waals surface area contributed by atoms with Crippen LogP contribution in [0.1, 0.15) is 0 Å². The van der Waals surface area contributed by atoms with Crippen LogP contribution in [0.4, 0.5) is 5.69 Å². The van der Waals surface area contributed by atoms with E-state index >= 15 is 0 Å². The molecule has 0 bridgehead atoms. The first-order valence-electron chi connectivity index (χ1n) is 4.23. The molecule has 0 radical (unpaired) electrons. The minimum Gasteiger partial charge on any atom is -0.364 e. The second kappa shape index (κ2) is 5.53. The molecular formula is C9H11ClN2O3. The Hall–Kier alpha value is -1.33. The molecule has 0 aliphatic heterocycles. The second-order valence-corrected chi connectivity index (χ2v) is 3.06. The van der Waals surface area contributed by atoms with E-state index in [0.29, 0.717) is 0 Å². The maximum atomic E-state index is 11.6. The van der Waals surface area contributed by atoms with E-state index in [1.54, 1.807) is 12.3 Å². The summed E-state index contributed by atoms with van der Waals surface area (Å²) < 4.78 is 6.16. The highest BCUT2D eigenvalue weighted by atomic mass is 35.5. The van der Waals surface area contributed by atoms with Crippen molar-refractivity contribution in [2.24, 2.45) is 0 Å². The third-order valence-corrected chi connectivity index (χ3v) is 1.93. The number of nitrogens with one attached hydrogen (secondary N) is 1. The van der Waals surface area contributed by atoms with Gasteiger partial charge in [-0.25, -0.2) is 0 Å². The number of ether oxygens (including phenoxy) is 1. The van der Waals surface area contributed by atoms with E-state index in [1.807, 2.05) is 0 Å². The number of pyridine rings is 1. The summed E-state index contributed by atoms with van der Waals surface area (Å²) in [6.45, 7) is 0.142. The molecular weight excluding hydrogens is 220 g/mol. The molecule has 1 aromatic heterocycles. The minimum absolute atomic E-state index is 0.142. The van der Waals surface area contributed by atoms with Crippen LogP contribution in [0, 0.1) is 0 Å². The number of carbonyl (C=O) groups is 1. The number of aromatic nitrogens is 1. The highest BCUT2D eigenvalue weighted by molar-refractivity contribution is 6.29. The largest absolute Gasteiger partial charge is 0.364 e. The van der Waals surface area contributed by atoms with Gasteiger partial charge in [0.25, 0.3) is 5.56 Å². The Morgan fingerprint density at radius 2 is 2.40 bits per heavy atom. The summed E-state index contributed by atoms with van der Waals surface area (Å²) in [7, 11) is 1.48. The lowest BCUT2D eigenvalue weighted by atomic mass is 10.4.